The number of aromatic nitrogens is 2. The van der Waals surface area contributed by atoms with Crippen LogP contribution in [0, 0.1) is 0 Å². The summed E-state index contributed by atoms with van der Waals surface area (Å²) in [7, 11) is 6.08. The summed E-state index contributed by atoms with van der Waals surface area (Å²) in [4.78, 5) is 32.2. The SMILES string of the molecule is CNC(=O)c1c(-c2cc(OC)c(OC)c(OC)c2)c2ccc(OCc3ccccn3)cc2c(=O)n1-c1ccc([NH3+])cc1.[Cl-]. The molecule has 0 unspecified atom stereocenters. The van der Waals surface area contributed by atoms with E-state index >= 15 is 0 Å². The van der Waals surface area contributed by atoms with Crippen LogP contribution in [-0.4, -0.2) is 43.8 Å². The summed E-state index contributed by atoms with van der Waals surface area (Å²) in [5.74, 6) is 1.23. The van der Waals surface area contributed by atoms with E-state index in [0.717, 1.165) is 11.4 Å². The highest BCUT2D eigenvalue weighted by atomic mass is 35.5. The van der Waals surface area contributed by atoms with Crippen LogP contribution in [0.3, 0.4) is 0 Å². The van der Waals surface area contributed by atoms with Gasteiger partial charge in [0, 0.05) is 36.6 Å². The minimum absolute atomic E-state index is 0. The second kappa shape index (κ2) is 13.3. The number of ether oxygens (including phenoxy) is 4. The smallest absolute Gasteiger partial charge is 0.268 e. The van der Waals surface area contributed by atoms with Gasteiger partial charge in [0.15, 0.2) is 11.5 Å². The molecule has 0 saturated heterocycles. The Hall–Kier alpha value is -5.06. The molecule has 0 bridgehead atoms. The maximum atomic E-state index is 14.2. The van der Waals surface area contributed by atoms with Crippen molar-refractivity contribution in [3.05, 3.63) is 101 Å². The molecule has 0 fully saturated rings. The fourth-order valence-corrected chi connectivity index (χ4v) is 4.85. The number of halogens is 1. The first kappa shape index (κ1) is 30.9. The summed E-state index contributed by atoms with van der Waals surface area (Å²) >= 11 is 0. The number of fused-ring (bicyclic) bond motifs is 1. The summed E-state index contributed by atoms with van der Waals surface area (Å²) in [5, 5.41) is 3.60. The molecule has 11 heteroatoms. The number of carbonyl (C=O) groups is 1. The van der Waals surface area contributed by atoms with Gasteiger partial charge in [-0.05, 0) is 65.5 Å². The first-order valence-electron chi connectivity index (χ1n) is 13.1. The number of amides is 1. The number of quaternary nitrogens is 1. The van der Waals surface area contributed by atoms with E-state index in [1.54, 1.807) is 60.8 Å². The molecular weight excluding hydrogens is 572 g/mol. The molecule has 10 nitrogen and oxygen atoms in total. The van der Waals surface area contributed by atoms with Crippen LogP contribution >= 0.6 is 0 Å². The van der Waals surface area contributed by atoms with Crippen LogP contribution in [0.25, 0.3) is 27.6 Å². The zero-order chi connectivity index (χ0) is 29.8. The lowest BCUT2D eigenvalue weighted by atomic mass is 9.95. The Morgan fingerprint density at radius 2 is 1.60 bits per heavy atom. The number of hydrogen-bond acceptors (Lipinski definition) is 7. The first-order chi connectivity index (χ1) is 20.4. The molecule has 0 spiro atoms. The second-order valence-electron chi connectivity index (χ2n) is 9.34. The monoisotopic (exact) mass is 602 g/mol. The fraction of sp³-hybridized carbons (Fsp3) is 0.156. The number of methoxy groups -OCH3 is 3. The molecule has 5 rings (SSSR count). The summed E-state index contributed by atoms with van der Waals surface area (Å²) in [6.07, 6.45) is 1.69. The lowest BCUT2D eigenvalue weighted by molar-refractivity contribution is -0.254. The van der Waals surface area contributed by atoms with Gasteiger partial charge in [-0.2, -0.15) is 0 Å². The van der Waals surface area contributed by atoms with E-state index in [2.05, 4.69) is 16.0 Å². The van der Waals surface area contributed by atoms with Crippen molar-refractivity contribution in [2.45, 2.75) is 6.61 Å². The van der Waals surface area contributed by atoms with Crippen molar-refractivity contribution in [1.29, 1.82) is 0 Å². The van der Waals surface area contributed by atoms with Crippen molar-refractivity contribution >= 4 is 22.4 Å². The van der Waals surface area contributed by atoms with Crippen molar-refractivity contribution in [2.24, 2.45) is 0 Å². The van der Waals surface area contributed by atoms with E-state index in [1.807, 2.05) is 18.2 Å². The number of carbonyl (C=O) groups excluding carboxylic acids is 1. The minimum Gasteiger partial charge on any atom is -1.00 e. The van der Waals surface area contributed by atoms with Gasteiger partial charge >= 0.3 is 0 Å². The molecule has 1 amide bonds. The van der Waals surface area contributed by atoms with E-state index in [-0.39, 0.29) is 30.3 Å². The van der Waals surface area contributed by atoms with E-state index in [9.17, 15) is 9.59 Å². The van der Waals surface area contributed by atoms with Gasteiger partial charge in [-0.3, -0.25) is 19.1 Å². The summed E-state index contributed by atoms with van der Waals surface area (Å²) in [5.41, 5.74) is 6.80. The highest BCUT2D eigenvalue weighted by molar-refractivity contribution is 6.09. The molecule has 222 valence electrons. The number of hydrogen-bond donors (Lipinski definition) is 2. The largest absolute Gasteiger partial charge is 1.00 e. The Kier molecular flexibility index (Phi) is 9.54. The second-order valence-corrected chi connectivity index (χ2v) is 9.34. The van der Waals surface area contributed by atoms with Crippen molar-refractivity contribution in [2.75, 3.05) is 28.4 Å². The number of rotatable bonds is 9. The van der Waals surface area contributed by atoms with Crippen molar-refractivity contribution in [1.82, 2.24) is 14.9 Å². The molecule has 4 N–H and O–H groups in total. The third-order valence-electron chi connectivity index (χ3n) is 6.86. The lowest BCUT2D eigenvalue weighted by Gasteiger charge is -2.21. The highest BCUT2D eigenvalue weighted by Gasteiger charge is 2.26. The summed E-state index contributed by atoms with van der Waals surface area (Å²) in [6.45, 7) is 0.224. The van der Waals surface area contributed by atoms with Gasteiger partial charge in [0.25, 0.3) is 11.5 Å². The normalized spacial score (nSPS) is 10.5. The molecule has 0 radical (unpaired) electrons. The predicted octanol–water partition coefficient (Wildman–Crippen LogP) is 0.895. The fourth-order valence-electron chi connectivity index (χ4n) is 4.85. The van der Waals surface area contributed by atoms with Gasteiger partial charge in [0.05, 0.1) is 32.4 Å². The maximum Gasteiger partial charge on any atom is 0.268 e. The Bertz CT molecular complexity index is 1800. The number of benzene rings is 3. The van der Waals surface area contributed by atoms with Gasteiger partial charge in [-0.1, -0.05) is 6.07 Å². The van der Waals surface area contributed by atoms with Crippen LogP contribution in [0.15, 0.2) is 83.8 Å². The Labute approximate surface area is 254 Å². The van der Waals surface area contributed by atoms with E-state index in [0.29, 0.717) is 50.6 Å². The summed E-state index contributed by atoms with van der Waals surface area (Å²) < 4.78 is 24.2. The molecule has 2 aromatic heterocycles. The van der Waals surface area contributed by atoms with Crippen molar-refractivity contribution in [3.8, 4) is 39.8 Å². The Morgan fingerprint density at radius 1 is 0.907 bits per heavy atom. The van der Waals surface area contributed by atoms with E-state index < -0.39 is 5.91 Å². The van der Waals surface area contributed by atoms with Gasteiger partial charge in [-0.15, -0.1) is 0 Å². The minimum atomic E-state index is -0.452. The molecule has 43 heavy (non-hydrogen) atoms. The molecular formula is C32H31ClN4O6. The molecule has 0 aliphatic heterocycles. The van der Waals surface area contributed by atoms with Crippen molar-refractivity contribution < 1.29 is 41.9 Å². The Morgan fingerprint density at radius 3 is 2.19 bits per heavy atom. The average molecular weight is 603 g/mol. The third-order valence-corrected chi connectivity index (χ3v) is 6.86. The van der Waals surface area contributed by atoms with Gasteiger partial charge in [0.2, 0.25) is 5.75 Å². The molecule has 0 aliphatic carbocycles. The standard InChI is InChI=1S/C32H30N4O6.ClH/c1-34-31(37)29-28(19-15-26(39-2)30(41-4)27(16-19)40-3)24-13-12-23(42-18-21-7-5-6-14-35-21)17-25(24)32(38)36(29)22-10-8-20(33)9-11-22;/h5-17H,18,33H2,1-4H3,(H,34,37);1H. The van der Waals surface area contributed by atoms with Crippen LogP contribution in [0.5, 0.6) is 23.0 Å². The molecule has 0 saturated carbocycles. The molecule has 0 aliphatic rings. The molecule has 5 aromatic rings. The maximum absolute atomic E-state index is 14.2. The predicted molar refractivity (Wildman–Crippen MR) is 159 cm³/mol. The van der Waals surface area contributed by atoms with Crippen LogP contribution in [0.4, 0.5) is 5.69 Å². The third kappa shape index (κ3) is 5.97. The average Bonchev–Trinajstić information content (AvgIpc) is 3.03. The first-order valence-corrected chi connectivity index (χ1v) is 13.1. The van der Waals surface area contributed by atoms with Gasteiger partial charge < -0.3 is 42.4 Å². The van der Waals surface area contributed by atoms with Crippen LogP contribution in [0.2, 0.25) is 0 Å². The van der Waals surface area contributed by atoms with Gasteiger partial charge in [0.1, 0.15) is 23.7 Å². The number of nitrogens with one attached hydrogen (secondary N) is 1. The number of pyridine rings is 2. The number of nitrogens with zero attached hydrogens (tertiary/aromatic N) is 2. The highest BCUT2D eigenvalue weighted by Crippen LogP contribution is 2.44. The van der Waals surface area contributed by atoms with Crippen molar-refractivity contribution in [3.63, 3.8) is 0 Å². The van der Waals surface area contributed by atoms with E-state index in [1.165, 1.54) is 32.9 Å². The Balaban J connectivity index is 0.00000423. The van der Waals surface area contributed by atoms with Crippen LogP contribution in [0.1, 0.15) is 16.2 Å². The van der Waals surface area contributed by atoms with Gasteiger partial charge in [-0.25, -0.2) is 0 Å². The topological polar surface area (TPSA) is 129 Å². The van der Waals surface area contributed by atoms with Crippen LogP contribution < -0.4 is 48.0 Å². The molecule has 0 atom stereocenters. The molecule has 3 aromatic carbocycles. The molecule has 2 heterocycles. The zero-order valence-corrected chi connectivity index (χ0v) is 24.9. The quantitative estimate of drug-likeness (QED) is 0.256. The van der Waals surface area contributed by atoms with E-state index in [4.69, 9.17) is 18.9 Å². The summed E-state index contributed by atoms with van der Waals surface area (Å²) in [6, 6.07) is 21.4. The zero-order valence-electron chi connectivity index (χ0n) is 24.1. The lowest BCUT2D eigenvalue weighted by Crippen LogP contribution is -3.00. The van der Waals surface area contributed by atoms with Crippen LogP contribution in [-0.2, 0) is 6.61 Å².